The van der Waals surface area contributed by atoms with Gasteiger partial charge in [-0.05, 0) is 37.5 Å². The molecule has 3 rings (SSSR count). The summed E-state index contributed by atoms with van der Waals surface area (Å²) < 4.78 is 43.6. The molecule has 1 aromatic rings. The number of carbonyl (C=O) groups excluding carboxylic acids is 2. The fourth-order valence-electron chi connectivity index (χ4n) is 3.71. The molecule has 1 atom stereocenters. The first-order chi connectivity index (χ1) is 13.8. The Morgan fingerprint density at radius 2 is 2.03 bits per heavy atom. The van der Waals surface area contributed by atoms with Crippen LogP contribution in [0.5, 0.6) is 0 Å². The first-order valence-electron chi connectivity index (χ1n) is 10.0. The summed E-state index contributed by atoms with van der Waals surface area (Å²) in [6.45, 7) is 2.93. The van der Waals surface area contributed by atoms with E-state index in [-0.39, 0.29) is 36.5 Å². The van der Waals surface area contributed by atoms with Crippen molar-refractivity contribution in [2.24, 2.45) is 0 Å². The molecule has 0 radical (unpaired) electrons. The lowest BCUT2D eigenvalue weighted by atomic mass is 10.1. The largest absolute Gasteiger partial charge is 0.444 e. The van der Waals surface area contributed by atoms with E-state index in [0.717, 1.165) is 6.42 Å². The number of ether oxygens (including phenoxy) is 1. The van der Waals surface area contributed by atoms with Crippen LogP contribution in [-0.2, 0) is 19.4 Å². The molecule has 0 saturated carbocycles. The molecule has 2 aliphatic heterocycles. The van der Waals surface area contributed by atoms with Gasteiger partial charge < -0.3 is 9.64 Å². The maximum Gasteiger partial charge on any atom is 0.414 e. The van der Waals surface area contributed by atoms with Gasteiger partial charge in [0.05, 0.1) is 29.4 Å². The second kappa shape index (κ2) is 9.11. The van der Waals surface area contributed by atoms with Crippen LogP contribution in [0.15, 0.2) is 18.2 Å². The van der Waals surface area contributed by atoms with Crippen molar-refractivity contribution in [1.29, 1.82) is 0 Å². The molecule has 2 heterocycles. The highest BCUT2D eigenvalue weighted by Gasteiger charge is 2.33. The Morgan fingerprint density at radius 1 is 1.24 bits per heavy atom. The third-order valence-corrected chi connectivity index (χ3v) is 7.00. The molecule has 0 unspecified atom stereocenters. The zero-order valence-electron chi connectivity index (χ0n) is 16.6. The van der Waals surface area contributed by atoms with E-state index in [1.54, 1.807) is 17.0 Å². The molecule has 160 valence electrons. The van der Waals surface area contributed by atoms with Gasteiger partial charge in [-0.15, -0.1) is 0 Å². The number of cyclic esters (lactones) is 1. The van der Waals surface area contributed by atoms with Crippen LogP contribution >= 0.6 is 0 Å². The highest BCUT2D eigenvalue weighted by atomic mass is 32.2. The van der Waals surface area contributed by atoms with Gasteiger partial charge in [-0.25, -0.2) is 17.6 Å². The van der Waals surface area contributed by atoms with E-state index < -0.39 is 21.7 Å². The van der Waals surface area contributed by atoms with Crippen molar-refractivity contribution in [3.63, 3.8) is 0 Å². The van der Waals surface area contributed by atoms with Gasteiger partial charge in [0.1, 0.15) is 17.7 Å². The third-order valence-electron chi connectivity index (χ3n) is 5.29. The number of halogens is 1. The summed E-state index contributed by atoms with van der Waals surface area (Å²) in [5, 5.41) is 0. The van der Waals surface area contributed by atoms with E-state index in [2.05, 4.69) is 0 Å². The van der Waals surface area contributed by atoms with E-state index in [9.17, 15) is 22.4 Å². The monoisotopic (exact) mass is 426 g/mol. The Balaban J connectivity index is 1.65. The molecule has 0 aromatic heterocycles. The summed E-state index contributed by atoms with van der Waals surface area (Å²) in [5.41, 5.74) is 0.723. The highest BCUT2D eigenvalue weighted by molar-refractivity contribution is 7.91. The molecule has 7 nitrogen and oxygen atoms in total. The summed E-state index contributed by atoms with van der Waals surface area (Å²) in [4.78, 5) is 27.0. The van der Waals surface area contributed by atoms with Crippen molar-refractivity contribution in [2.75, 3.05) is 40.9 Å². The van der Waals surface area contributed by atoms with Gasteiger partial charge in [-0.1, -0.05) is 6.92 Å². The Labute approximate surface area is 170 Å². The summed E-state index contributed by atoms with van der Waals surface area (Å²) >= 11 is 0. The van der Waals surface area contributed by atoms with E-state index in [1.807, 2.05) is 6.92 Å². The van der Waals surface area contributed by atoms with Gasteiger partial charge in [-0.2, -0.15) is 0 Å². The number of carbonyl (C=O) groups is 2. The van der Waals surface area contributed by atoms with Crippen LogP contribution in [-0.4, -0.2) is 57.5 Å². The molecule has 1 amide bonds. The molecule has 29 heavy (non-hydrogen) atoms. The maximum atomic E-state index is 14.8. The summed E-state index contributed by atoms with van der Waals surface area (Å²) in [6, 6.07) is 4.50. The number of rotatable bonds is 7. The molecule has 1 aromatic carbocycles. The van der Waals surface area contributed by atoms with Crippen LogP contribution in [0.25, 0.3) is 0 Å². The predicted molar refractivity (Wildman–Crippen MR) is 109 cm³/mol. The van der Waals surface area contributed by atoms with E-state index >= 15 is 0 Å². The first kappa shape index (κ1) is 21.5. The van der Waals surface area contributed by atoms with Gasteiger partial charge >= 0.3 is 6.09 Å². The minimum atomic E-state index is -3.08. The number of hydrogen-bond acceptors (Lipinski definition) is 6. The number of sulfone groups is 1. The molecule has 0 spiro atoms. The molecule has 0 bridgehead atoms. The number of anilines is 2. The Hall–Kier alpha value is -2.16. The Kier molecular flexibility index (Phi) is 6.77. The average Bonchev–Trinajstić information content (AvgIpc) is 2.94. The Bertz CT molecular complexity index is 874. The van der Waals surface area contributed by atoms with Gasteiger partial charge in [-0.3, -0.25) is 9.69 Å². The Morgan fingerprint density at radius 3 is 2.76 bits per heavy atom. The van der Waals surface area contributed by atoms with Gasteiger partial charge in [0, 0.05) is 25.9 Å². The molecule has 2 saturated heterocycles. The minimum absolute atomic E-state index is 0.00503. The van der Waals surface area contributed by atoms with Crippen molar-refractivity contribution in [1.82, 2.24) is 0 Å². The summed E-state index contributed by atoms with van der Waals surface area (Å²) in [6.07, 6.45) is 1.67. The molecule has 2 aliphatic rings. The molecule has 0 aliphatic carbocycles. The maximum absolute atomic E-state index is 14.8. The smallest absolute Gasteiger partial charge is 0.414 e. The third kappa shape index (κ3) is 5.46. The quantitative estimate of drug-likeness (QED) is 0.667. The van der Waals surface area contributed by atoms with Crippen LogP contribution in [0, 0.1) is 5.82 Å². The van der Waals surface area contributed by atoms with E-state index in [1.165, 1.54) is 11.0 Å². The number of Topliss-reactive ketones (excluding diaryl/α,β-unsaturated/α-hetero) is 1. The van der Waals surface area contributed by atoms with Crippen LogP contribution in [0.2, 0.25) is 0 Å². The summed E-state index contributed by atoms with van der Waals surface area (Å²) in [7, 11) is -3.08. The van der Waals surface area contributed by atoms with Gasteiger partial charge in [0.15, 0.2) is 9.84 Å². The summed E-state index contributed by atoms with van der Waals surface area (Å²) in [5.74, 6) is -0.233. The molecular formula is C20H27FN2O5S. The van der Waals surface area contributed by atoms with Crippen molar-refractivity contribution < 1.29 is 27.1 Å². The average molecular weight is 427 g/mol. The topological polar surface area (TPSA) is 84.0 Å². The lowest BCUT2D eigenvalue weighted by molar-refractivity contribution is -0.119. The minimum Gasteiger partial charge on any atom is -0.444 e. The lowest BCUT2D eigenvalue weighted by Gasteiger charge is -2.23. The lowest BCUT2D eigenvalue weighted by Crippen LogP contribution is -2.28. The van der Waals surface area contributed by atoms with Crippen molar-refractivity contribution in [3.05, 3.63) is 24.0 Å². The number of benzene rings is 1. The second-order valence-corrected chi connectivity index (χ2v) is 9.88. The molecule has 0 N–H and O–H groups in total. The van der Waals surface area contributed by atoms with Crippen LogP contribution < -0.4 is 9.80 Å². The zero-order valence-corrected chi connectivity index (χ0v) is 17.4. The van der Waals surface area contributed by atoms with Crippen molar-refractivity contribution >= 4 is 33.1 Å². The number of hydrogen-bond donors (Lipinski definition) is 0. The molecule has 9 heteroatoms. The number of ketones is 1. The van der Waals surface area contributed by atoms with E-state index in [0.29, 0.717) is 43.6 Å². The normalized spacial score (nSPS) is 21.7. The predicted octanol–water partition coefficient (Wildman–Crippen LogP) is 2.93. The van der Waals surface area contributed by atoms with Gasteiger partial charge in [0.2, 0.25) is 0 Å². The second-order valence-electron chi connectivity index (χ2n) is 7.57. The van der Waals surface area contributed by atoms with E-state index in [4.69, 9.17) is 4.74 Å². The molecule has 2 fully saturated rings. The van der Waals surface area contributed by atoms with Crippen LogP contribution in [0.4, 0.5) is 20.6 Å². The van der Waals surface area contributed by atoms with Crippen molar-refractivity contribution in [3.8, 4) is 0 Å². The SMILES string of the molecule is CCCC(=O)CC[C@H]1CN(c2ccc(N3CCCS(=O)(=O)CC3)c(F)c2)C(=O)O1. The van der Waals surface area contributed by atoms with Crippen molar-refractivity contribution in [2.45, 2.75) is 45.1 Å². The zero-order chi connectivity index (χ0) is 21.0. The van der Waals surface area contributed by atoms with Gasteiger partial charge in [0.25, 0.3) is 0 Å². The fourth-order valence-corrected chi connectivity index (χ4v) is 4.98. The van der Waals surface area contributed by atoms with Crippen LogP contribution in [0.3, 0.4) is 0 Å². The first-order valence-corrected chi connectivity index (χ1v) is 11.9. The number of nitrogens with zero attached hydrogens (tertiary/aromatic N) is 2. The fraction of sp³-hybridized carbons (Fsp3) is 0.600. The van der Waals surface area contributed by atoms with Crippen LogP contribution in [0.1, 0.15) is 39.0 Å². The molecular weight excluding hydrogens is 399 g/mol. The standard InChI is InChI=1S/C20H27FN2O5S/c1-2-4-16(24)6-7-17-14-23(20(25)28-17)15-5-8-19(18(21)13-15)22-9-3-11-29(26,27)12-10-22/h5,8,13,17H,2-4,6-7,9-12,14H2,1H3/t17-/m0/s1. The number of amides is 1. The highest BCUT2D eigenvalue weighted by Crippen LogP contribution is 2.29.